The van der Waals surface area contributed by atoms with Crippen molar-refractivity contribution in [3.63, 3.8) is 0 Å². The molecule has 2 saturated carbocycles. The Kier molecular flexibility index (Phi) is 2.49. The van der Waals surface area contributed by atoms with Crippen molar-refractivity contribution in [2.24, 2.45) is 11.8 Å². The number of hydroxylamine groups is 3. The van der Waals surface area contributed by atoms with Gasteiger partial charge in [0.05, 0.1) is 24.5 Å². The molecule has 1 spiro atoms. The highest BCUT2D eigenvalue weighted by molar-refractivity contribution is 5.60. The molecule has 4 heteroatoms. The third kappa shape index (κ3) is 1.53. The number of quaternary nitrogens is 1. The van der Waals surface area contributed by atoms with Gasteiger partial charge in [-0.15, -0.1) is 0 Å². The standard InChI is InChI=1S/C20H25NO3/c22-16-7-6-13-10-15-14-2-1-3-17-20(14,18(13)19(16)24-17)8-9-21(15,23)11-12-4-5-12/h6-7,12,14-15,17,22H,1-5,8-11H2/t14?,15-,17+,20?,21?/m1/s1. The molecule has 3 aliphatic carbocycles. The van der Waals surface area contributed by atoms with Crippen LogP contribution in [0, 0.1) is 17.0 Å². The van der Waals surface area contributed by atoms with E-state index in [4.69, 9.17) is 4.74 Å². The summed E-state index contributed by atoms with van der Waals surface area (Å²) >= 11 is 0. The minimum absolute atomic E-state index is 0.0142. The number of hydrogen-bond donors (Lipinski definition) is 1. The van der Waals surface area contributed by atoms with Crippen LogP contribution in [0.25, 0.3) is 0 Å². The first-order chi connectivity index (χ1) is 11.6. The van der Waals surface area contributed by atoms with Gasteiger partial charge < -0.3 is 19.7 Å². The van der Waals surface area contributed by atoms with Gasteiger partial charge in [-0.3, -0.25) is 0 Å². The van der Waals surface area contributed by atoms with Crippen molar-refractivity contribution in [1.82, 2.24) is 0 Å². The quantitative estimate of drug-likeness (QED) is 0.670. The fourth-order valence-electron chi connectivity index (χ4n) is 6.72. The van der Waals surface area contributed by atoms with Crippen LogP contribution in [-0.4, -0.2) is 35.0 Å². The van der Waals surface area contributed by atoms with E-state index in [2.05, 4.69) is 6.07 Å². The highest BCUT2D eigenvalue weighted by Gasteiger charge is 2.66. The van der Waals surface area contributed by atoms with Crippen LogP contribution in [0.1, 0.15) is 49.7 Å². The van der Waals surface area contributed by atoms with Gasteiger partial charge in [-0.05, 0) is 43.7 Å². The van der Waals surface area contributed by atoms with Gasteiger partial charge in [-0.1, -0.05) is 6.07 Å². The van der Waals surface area contributed by atoms with Crippen LogP contribution in [0.4, 0.5) is 0 Å². The summed E-state index contributed by atoms with van der Waals surface area (Å²) in [6, 6.07) is 4.04. The molecule has 128 valence electrons. The number of benzene rings is 1. The number of ether oxygens (including phenoxy) is 1. The Bertz CT molecular complexity index is 730. The van der Waals surface area contributed by atoms with Crippen molar-refractivity contribution in [3.8, 4) is 11.5 Å². The number of piperidine rings is 1. The largest absolute Gasteiger partial charge is 0.633 e. The first-order valence-electron chi connectivity index (χ1n) is 9.71. The fourth-order valence-corrected chi connectivity index (χ4v) is 6.72. The lowest BCUT2D eigenvalue weighted by Crippen LogP contribution is -2.70. The number of phenolic OH excluding ortho intramolecular Hbond substituents is 1. The maximum atomic E-state index is 13.8. The molecule has 4 nitrogen and oxygen atoms in total. The lowest BCUT2D eigenvalue weighted by Gasteiger charge is -2.64. The molecule has 1 saturated heterocycles. The van der Waals surface area contributed by atoms with Gasteiger partial charge in [0.1, 0.15) is 6.10 Å². The van der Waals surface area contributed by atoms with Crippen molar-refractivity contribution in [3.05, 3.63) is 28.5 Å². The molecule has 1 aromatic rings. The Morgan fingerprint density at radius 1 is 1.25 bits per heavy atom. The summed E-state index contributed by atoms with van der Waals surface area (Å²) in [6.45, 7) is 1.58. The molecule has 3 unspecified atom stereocenters. The predicted molar refractivity (Wildman–Crippen MR) is 89.7 cm³/mol. The second kappa shape index (κ2) is 4.28. The third-order valence-electron chi connectivity index (χ3n) is 7.83. The van der Waals surface area contributed by atoms with Crippen molar-refractivity contribution < 1.29 is 14.5 Å². The normalized spacial score (nSPS) is 44.8. The minimum atomic E-state index is 0.0142. The second-order valence-electron chi connectivity index (χ2n) is 8.96. The average Bonchev–Trinajstić information content (AvgIpc) is 3.30. The van der Waals surface area contributed by atoms with E-state index < -0.39 is 0 Å². The topological polar surface area (TPSA) is 52.5 Å². The fraction of sp³-hybridized carbons (Fsp3) is 0.700. The number of hydrogen-bond acceptors (Lipinski definition) is 3. The van der Waals surface area contributed by atoms with Gasteiger partial charge >= 0.3 is 0 Å². The van der Waals surface area contributed by atoms with Gasteiger partial charge in [-0.2, -0.15) is 0 Å². The summed E-state index contributed by atoms with van der Waals surface area (Å²) in [6.07, 6.45) is 7.89. The number of phenols is 1. The molecule has 3 fully saturated rings. The van der Waals surface area contributed by atoms with E-state index in [-0.39, 0.29) is 22.2 Å². The number of likely N-dealkylation sites (tertiary alicyclic amines) is 1. The molecule has 5 aliphatic rings. The second-order valence-corrected chi connectivity index (χ2v) is 8.96. The molecule has 1 N–H and O–H groups in total. The van der Waals surface area contributed by atoms with Crippen LogP contribution >= 0.6 is 0 Å². The van der Waals surface area contributed by atoms with Crippen LogP contribution in [0.3, 0.4) is 0 Å². The van der Waals surface area contributed by atoms with Crippen LogP contribution in [-0.2, 0) is 11.8 Å². The summed E-state index contributed by atoms with van der Waals surface area (Å²) in [4.78, 5) is 0. The minimum Gasteiger partial charge on any atom is -0.633 e. The van der Waals surface area contributed by atoms with Gasteiger partial charge in [0.25, 0.3) is 0 Å². The van der Waals surface area contributed by atoms with Crippen LogP contribution in [0.5, 0.6) is 11.5 Å². The van der Waals surface area contributed by atoms with Crippen LogP contribution < -0.4 is 4.74 Å². The van der Waals surface area contributed by atoms with Crippen molar-refractivity contribution in [2.75, 3.05) is 13.1 Å². The van der Waals surface area contributed by atoms with Gasteiger partial charge in [0, 0.05) is 30.2 Å². The highest BCUT2D eigenvalue weighted by atomic mass is 16.5. The number of nitrogens with zero attached hydrogens (tertiary/aromatic N) is 1. The summed E-state index contributed by atoms with van der Waals surface area (Å²) in [5.41, 5.74) is 2.58. The molecule has 0 radical (unpaired) electrons. The van der Waals surface area contributed by atoms with Crippen molar-refractivity contribution >= 4 is 0 Å². The van der Waals surface area contributed by atoms with Crippen molar-refractivity contribution in [1.29, 1.82) is 0 Å². The molecule has 0 amide bonds. The van der Waals surface area contributed by atoms with E-state index >= 15 is 0 Å². The number of aromatic hydroxyl groups is 1. The molecule has 0 aromatic heterocycles. The van der Waals surface area contributed by atoms with Gasteiger partial charge in [-0.25, -0.2) is 0 Å². The van der Waals surface area contributed by atoms with Crippen molar-refractivity contribution in [2.45, 2.75) is 62.5 Å². The smallest absolute Gasteiger partial charge is 0.165 e. The predicted octanol–water partition coefficient (Wildman–Crippen LogP) is 3.24. The summed E-state index contributed by atoms with van der Waals surface area (Å²) in [5, 5.41) is 24.2. The van der Waals surface area contributed by atoms with E-state index in [1.165, 1.54) is 24.0 Å². The zero-order valence-electron chi connectivity index (χ0n) is 14.0. The van der Waals surface area contributed by atoms with E-state index in [9.17, 15) is 10.3 Å². The zero-order valence-corrected chi connectivity index (χ0v) is 14.0. The Hall–Kier alpha value is -1.26. The van der Waals surface area contributed by atoms with Crippen LogP contribution in [0.15, 0.2) is 12.1 Å². The van der Waals surface area contributed by atoms with E-state index in [0.29, 0.717) is 17.6 Å². The molecule has 1 aromatic carbocycles. The highest BCUT2D eigenvalue weighted by Crippen LogP contribution is 2.64. The SMILES string of the molecule is [O-][N+]1(CC2CC2)CCC23c4c5ccc(O)c4O[C@H]2CCCC3[C@H]1C5. The molecule has 2 heterocycles. The summed E-state index contributed by atoms with van der Waals surface area (Å²) < 4.78 is 6.35. The van der Waals surface area contributed by atoms with E-state index in [1.807, 2.05) is 0 Å². The Labute approximate surface area is 142 Å². The first-order valence-corrected chi connectivity index (χ1v) is 9.71. The molecule has 6 rings (SSSR count). The molecule has 2 aliphatic heterocycles. The Morgan fingerprint density at radius 3 is 2.96 bits per heavy atom. The average molecular weight is 327 g/mol. The number of rotatable bonds is 2. The van der Waals surface area contributed by atoms with E-state index in [1.54, 1.807) is 6.07 Å². The maximum absolute atomic E-state index is 13.8. The monoisotopic (exact) mass is 327 g/mol. The molecular formula is C20H25NO3. The first kappa shape index (κ1) is 14.0. The maximum Gasteiger partial charge on any atom is 0.165 e. The van der Waals surface area contributed by atoms with Crippen LogP contribution in [0.2, 0.25) is 0 Å². The molecule has 5 atom stereocenters. The molecule has 24 heavy (non-hydrogen) atoms. The third-order valence-corrected chi connectivity index (χ3v) is 7.83. The Balaban J connectivity index is 1.54. The van der Waals surface area contributed by atoms with E-state index in [0.717, 1.165) is 50.9 Å². The lowest BCUT2D eigenvalue weighted by molar-refractivity contribution is -0.919. The summed E-state index contributed by atoms with van der Waals surface area (Å²) in [5.74, 6) is 2.15. The summed E-state index contributed by atoms with van der Waals surface area (Å²) in [7, 11) is 0. The van der Waals surface area contributed by atoms with Gasteiger partial charge in [0.15, 0.2) is 11.5 Å². The van der Waals surface area contributed by atoms with Gasteiger partial charge in [0.2, 0.25) is 0 Å². The lowest BCUT2D eigenvalue weighted by atomic mass is 9.51. The molecular weight excluding hydrogens is 302 g/mol. The Morgan fingerprint density at radius 2 is 2.12 bits per heavy atom. The zero-order chi connectivity index (χ0) is 16.1. The molecule has 2 bridgehead atoms.